The summed E-state index contributed by atoms with van der Waals surface area (Å²) in [4.78, 5) is 28.0. The number of rotatable bonds is 15. The lowest BCUT2D eigenvalue weighted by molar-refractivity contribution is 0.0975. The van der Waals surface area contributed by atoms with Crippen molar-refractivity contribution in [1.82, 2.24) is 10.6 Å². The number of halogens is 2. The molecule has 0 bridgehead atoms. The molecule has 1 aliphatic carbocycles. The van der Waals surface area contributed by atoms with Crippen molar-refractivity contribution in [3.8, 4) is 11.5 Å². The number of nitrogens with one attached hydrogen (secondary N) is 4. The fraction of sp³-hybridized carbons (Fsp3) is 0.257. The summed E-state index contributed by atoms with van der Waals surface area (Å²) in [5.41, 5.74) is 1.95. The SMILES string of the molecule is Clc1ccc(CSc2ccc(Cl)cc2)cc1.O=C1c2c(O)ccc(O)c2C(=O)c2c(NCCNCCO)ccc(NCCNCCO)c21. The van der Waals surface area contributed by atoms with Crippen LogP contribution in [0.3, 0.4) is 0 Å². The highest BCUT2D eigenvalue weighted by molar-refractivity contribution is 7.98. The molecule has 8 N–H and O–H groups in total. The van der Waals surface area contributed by atoms with Crippen molar-refractivity contribution in [1.29, 1.82) is 0 Å². The van der Waals surface area contributed by atoms with Gasteiger partial charge < -0.3 is 41.7 Å². The molecule has 254 valence electrons. The Morgan fingerprint density at radius 2 is 0.979 bits per heavy atom. The van der Waals surface area contributed by atoms with Gasteiger partial charge in [0.25, 0.3) is 0 Å². The van der Waals surface area contributed by atoms with Crippen LogP contribution in [0.15, 0.2) is 77.7 Å². The van der Waals surface area contributed by atoms with E-state index < -0.39 is 11.6 Å². The number of thioether (sulfide) groups is 1. The minimum Gasteiger partial charge on any atom is -0.507 e. The van der Waals surface area contributed by atoms with Crippen LogP contribution in [0.4, 0.5) is 11.4 Å². The second-order valence-corrected chi connectivity index (χ2v) is 12.5. The van der Waals surface area contributed by atoms with Crippen molar-refractivity contribution in [2.75, 3.05) is 63.1 Å². The van der Waals surface area contributed by atoms with E-state index in [0.29, 0.717) is 50.6 Å². The van der Waals surface area contributed by atoms with Crippen LogP contribution in [-0.2, 0) is 5.75 Å². The number of hydrogen-bond acceptors (Lipinski definition) is 11. The Bertz CT molecular complexity index is 1570. The van der Waals surface area contributed by atoms with Crippen molar-refractivity contribution in [3.63, 3.8) is 0 Å². The Labute approximate surface area is 293 Å². The number of carbonyl (C=O) groups is 2. The second kappa shape index (κ2) is 18.7. The number of hydrogen-bond donors (Lipinski definition) is 8. The molecule has 1 aliphatic rings. The molecule has 0 unspecified atom stereocenters. The van der Waals surface area contributed by atoms with Crippen LogP contribution in [0.1, 0.15) is 37.4 Å². The second-order valence-electron chi connectivity index (χ2n) is 10.6. The van der Waals surface area contributed by atoms with Crippen molar-refractivity contribution in [2.45, 2.75) is 10.6 Å². The summed E-state index contributed by atoms with van der Waals surface area (Å²) >= 11 is 13.4. The van der Waals surface area contributed by atoms with Crippen LogP contribution >= 0.6 is 35.0 Å². The normalized spacial score (nSPS) is 11.8. The Balaban J connectivity index is 0.000000271. The summed E-state index contributed by atoms with van der Waals surface area (Å²) in [5, 5.41) is 52.1. The quantitative estimate of drug-likeness (QED) is 0.0412. The lowest BCUT2D eigenvalue weighted by Gasteiger charge is -2.25. The fourth-order valence-electron chi connectivity index (χ4n) is 4.92. The molecule has 4 aromatic rings. The smallest absolute Gasteiger partial charge is 0.200 e. The number of phenols is 2. The van der Waals surface area contributed by atoms with E-state index in [0.717, 1.165) is 15.8 Å². The van der Waals surface area contributed by atoms with Gasteiger partial charge >= 0.3 is 0 Å². The van der Waals surface area contributed by atoms with Crippen LogP contribution in [0.5, 0.6) is 11.5 Å². The first-order valence-electron chi connectivity index (χ1n) is 15.3. The minimum absolute atomic E-state index is 0.00939. The van der Waals surface area contributed by atoms with E-state index in [1.165, 1.54) is 22.6 Å². The molecule has 0 spiro atoms. The van der Waals surface area contributed by atoms with Crippen LogP contribution < -0.4 is 21.3 Å². The highest BCUT2D eigenvalue weighted by Crippen LogP contribution is 2.42. The maximum atomic E-state index is 13.4. The molecule has 0 aromatic heterocycles. The summed E-state index contributed by atoms with van der Waals surface area (Å²) in [7, 11) is 0. The molecular weight excluding hydrogens is 675 g/mol. The molecule has 0 aliphatic heterocycles. The third-order valence-electron chi connectivity index (χ3n) is 7.22. The first-order valence-corrected chi connectivity index (χ1v) is 17.0. The zero-order valence-electron chi connectivity index (χ0n) is 26.1. The van der Waals surface area contributed by atoms with Gasteiger partial charge in [-0.3, -0.25) is 9.59 Å². The molecule has 0 fully saturated rings. The van der Waals surface area contributed by atoms with Gasteiger partial charge in [0.05, 0.1) is 35.5 Å². The van der Waals surface area contributed by atoms with E-state index in [-0.39, 0.29) is 47.0 Å². The van der Waals surface area contributed by atoms with Crippen LogP contribution in [-0.4, -0.2) is 84.5 Å². The Morgan fingerprint density at radius 3 is 1.42 bits per heavy atom. The van der Waals surface area contributed by atoms with Crippen molar-refractivity contribution in [2.24, 2.45) is 0 Å². The largest absolute Gasteiger partial charge is 0.507 e. The zero-order chi connectivity index (χ0) is 34.5. The average molecular weight is 714 g/mol. The predicted octanol–water partition coefficient (Wildman–Crippen LogP) is 5.15. The molecule has 0 saturated heterocycles. The van der Waals surface area contributed by atoms with Gasteiger partial charge in [-0.2, -0.15) is 0 Å². The highest BCUT2D eigenvalue weighted by atomic mass is 35.5. The molecule has 0 atom stereocenters. The molecule has 10 nitrogen and oxygen atoms in total. The van der Waals surface area contributed by atoms with Gasteiger partial charge in [-0.25, -0.2) is 0 Å². The van der Waals surface area contributed by atoms with Crippen molar-refractivity contribution in [3.05, 3.63) is 111 Å². The first-order chi connectivity index (χ1) is 23.2. The van der Waals surface area contributed by atoms with Gasteiger partial charge in [-0.05, 0) is 66.2 Å². The lowest BCUT2D eigenvalue weighted by atomic mass is 9.81. The van der Waals surface area contributed by atoms with Crippen LogP contribution in [0, 0.1) is 0 Å². The number of phenolic OH excluding ortho intramolecular Hbond substituents is 2. The lowest BCUT2D eigenvalue weighted by Crippen LogP contribution is -2.28. The topological polar surface area (TPSA) is 163 Å². The number of benzene rings is 4. The number of anilines is 2. The summed E-state index contributed by atoms with van der Waals surface area (Å²) in [6, 6.07) is 21.5. The highest BCUT2D eigenvalue weighted by Gasteiger charge is 2.37. The average Bonchev–Trinajstić information content (AvgIpc) is 3.09. The molecule has 0 amide bonds. The Kier molecular flexibility index (Phi) is 14.4. The van der Waals surface area contributed by atoms with Crippen LogP contribution in [0.2, 0.25) is 10.0 Å². The molecule has 48 heavy (non-hydrogen) atoms. The molecule has 5 rings (SSSR count). The summed E-state index contributed by atoms with van der Waals surface area (Å²) in [5.74, 6) is -0.918. The van der Waals surface area contributed by atoms with E-state index in [1.54, 1.807) is 23.9 Å². The van der Waals surface area contributed by atoms with Gasteiger partial charge in [-0.15, -0.1) is 11.8 Å². The first kappa shape index (κ1) is 37.0. The molecule has 13 heteroatoms. The van der Waals surface area contributed by atoms with Gasteiger partial charge in [0, 0.05) is 71.3 Å². The maximum Gasteiger partial charge on any atom is 0.200 e. The zero-order valence-corrected chi connectivity index (χ0v) is 28.4. The van der Waals surface area contributed by atoms with E-state index in [9.17, 15) is 19.8 Å². The van der Waals surface area contributed by atoms with E-state index in [4.69, 9.17) is 33.4 Å². The maximum absolute atomic E-state index is 13.4. The standard InChI is InChI=1S/C22H28N4O6.C13H10Cl2S/c27-11-9-23-5-7-25-13-1-2-14(26-8-6-24-10-12-28)18-17(13)21(31)19-15(29)3-4-16(30)20(19)22(18)32;14-11-3-1-10(2-4-11)9-16-13-7-5-12(15)6-8-13/h1-4,23-30H,5-12H2;1-8H,9H2. The minimum atomic E-state index is -0.559. The summed E-state index contributed by atoms with van der Waals surface area (Å²) < 4.78 is 0. The third kappa shape index (κ3) is 9.86. The van der Waals surface area contributed by atoms with Gasteiger partial charge in [0.15, 0.2) is 0 Å². The number of ketones is 2. The fourth-order valence-corrected chi connectivity index (χ4v) is 6.02. The van der Waals surface area contributed by atoms with E-state index in [2.05, 4.69) is 21.3 Å². The monoisotopic (exact) mass is 712 g/mol. The number of fused-ring (bicyclic) bond motifs is 2. The van der Waals surface area contributed by atoms with E-state index in [1.807, 2.05) is 48.5 Å². The number of aliphatic hydroxyl groups excluding tert-OH is 2. The summed E-state index contributed by atoms with van der Waals surface area (Å²) in [6.07, 6.45) is 0. The van der Waals surface area contributed by atoms with Crippen molar-refractivity contribution >= 4 is 57.9 Å². The number of carbonyl (C=O) groups excluding carboxylic acids is 2. The molecule has 4 aromatic carbocycles. The Morgan fingerprint density at radius 1 is 0.542 bits per heavy atom. The third-order valence-corrected chi connectivity index (χ3v) is 8.81. The van der Waals surface area contributed by atoms with Gasteiger partial charge in [0.1, 0.15) is 11.5 Å². The van der Waals surface area contributed by atoms with E-state index >= 15 is 0 Å². The molecule has 0 saturated carbocycles. The molecular formula is C35H38Cl2N4O6S. The number of aromatic hydroxyl groups is 2. The number of aliphatic hydroxyl groups is 2. The van der Waals surface area contributed by atoms with Crippen molar-refractivity contribution < 1.29 is 30.0 Å². The predicted molar refractivity (Wildman–Crippen MR) is 192 cm³/mol. The summed E-state index contributed by atoms with van der Waals surface area (Å²) in [6.45, 7) is 2.81. The van der Waals surface area contributed by atoms with Gasteiger partial charge in [-0.1, -0.05) is 35.3 Å². The van der Waals surface area contributed by atoms with Gasteiger partial charge in [0.2, 0.25) is 11.6 Å². The van der Waals surface area contributed by atoms with Crippen LogP contribution in [0.25, 0.3) is 0 Å². The Hall–Kier alpha value is -3.81. The molecule has 0 heterocycles. The molecule has 0 radical (unpaired) electrons.